The molecule has 108 valence electrons. The molecule has 0 saturated carbocycles. The van der Waals surface area contributed by atoms with Gasteiger partial charge >= 0.3 is 0 Å². The lowest BCUT2D eigenvalue weighted by Gasteiger charge is -2.32. The molecule has 0 spiro atoms. The molecule has 0 bridgehead atoms. The summed E-state index contributed by atoms with van der Waals surface area (Å²) in [6.07, 6.45) is 0. The van der Waals surface area contributed by atoms with Crippen molar-refractivity contribution in [3.8, 4) is 5.75 Å². The van der Waals surface area contributed by atoms with Crippen LogP contribution in [0.5, 0.6) is 5.75 Å². The monoisotopic (exact) mass is 322 g/mol. The van der Waals surface area contributed by atoms with E-state index >= 15 is 0 Å². The van der Waals surface area contributed by atoms with Crippen molar-refractivity contribution in [2.24, 2.45) is 0 Å². The highest BCUT2D eigenvalue weighted by atomic mass is 35.5. The predicted octanol–water partition coefficient (Wildman–Crippen LogP) is 6.03. The lowest BCUT2D eigenvalue weighted by atomic mass is 9.76. The summed E-state index contributed by atoms with van der Waals surface area (Å²) in [4.78, 5) is 0. The molecule has 1 rings (SSSR count). The summed E-state index contributed by atoms with van der Waals surface area (Å²) < 4.78 is 0. The van der Waals surface area contributed by atoms with Gasteiger partial charge in [0.25, 0.3) is 0 Å². The Morgan fingerprint density at radius 1 is 0.842 bits per heavy atom. The van der Waals surface area contributed by atoms with Gasteiger partial charge in [-0.15, -0.1) is 11.6 Å². The molecular weight excluding hydrogens is 303 g/mol. The van der Waals surface area contributed by atoms with Crippen LogP contribution in [0.15, 0.2) is 0 Å². The molecule has 0 atom stereocenters. The lowest BCUT2D eigenvalue weighted by Crippen LogP contribution is -2.22. The molecule has 1 aromatic rings. The topological polar surface area (TPSA) is 20.2 Å². The number of halogens is 3. The highest BCUT2D eigenvalue weighted by Crippen LogP contribution is 2.48. The largest absolute Gasteiger partial charge is 0.505 e. The number of benzene rings is 1. The van der Waals surface area contributed by atoms with Crippen LogP contribution < -0.4 is 0 Å². The van der Waals surface area contributed by atoms with E-state index in [0.29, 0.717) is 15.9 Å². The SMILES string of the molecule is CC(C)(C)c1c(Cl)c(O)c(Cl)c(C(C)(C)C)c1CCl. The first-order valence-electron chi connectivity index (χ1n) is 6.22. The van der Waals surface area contributed by atoms with Gasteiger partial charge < -0.3 is 5.11 Å². The summed E-state index contributed by atoms with van der Waals surface area (Å²) in [6.45, 7) is 12.3. The molecule has 0 saturated heterocycles. The number of hydrogen-bond donors (Lipinski definition) is 1. The van der Waals surface area contributed by atoms with Crippen LogP contribution in [-0.2, 0) is 16.7 Å². The van der Waals surface area contributed by atoms with Crippen molar-refractivity contribution in [3.63, 3.8) is 0 Å². The van der Waals surface area contributed by atoms with Crippen LogP contribution in [0.4, 0.5) is 0 Å². The van der Waals surface area contributed by atoms with Crippen LogP contribution in [0.2, 0.25) is 10.0 Å². The predicted molar refractivity (Wildman–Crippen MR) is 85.1 cm³/mol. The van der Waals surface area contributed by atoms with E-state index < -0.39 is 0 Å². The zero-order valence-electron chi connectivity index (χ0n) is 12.3. The average Bonchev–Trinajstić information content (AvgIpc) is 2.21. The second-order valence-electron chi connectivity index (χ2n) is 6.84. The molecule has 0 aromatic heterocycles. The van der Waals surface area contributed by atoms with Crippen LogP contribution in [0, 0.1) is 0 Å². The summed E-state index contributed by atoms with van der Waals surface area (Å²) in [5.41, 5.74) is 2.23. The van der Waals surface area contributed by atoms with E-state index in [9.17, 15) is 5.11 Å². The third-order valence-corrected chi connectivity index (χ3v) is 4.10. The molecule has 0 fully saturated rings. The van der Waals surface area contributed by atoms with E-state index in [2.05, 4.69) is 0 Å². The zero-order valence-corrected chi connectivity index (χ0v) is 14.6. The Morgan fingerprint density at radius 2 is 1.16 bits per heavy atom. The van der Waals surface area contributed by atoms with Gasteiger partial charge in [-0.05, 0) is 27.5 Å². The zero-order chi connectivity index (χ0) is 15.2. The second-order valence-corrected chi connectivity index (χ2v) is 7.86. The first-order chi connectivity index (χ1) is 8.42. The lowest BCUT2D eigenvalue weighted by molar-refractivity contribution is 0.465. The molecule has 1 aromatic carbocycles. The maximum absolute atomic E-state index is 10.2. The van der Waals surface area contributed by atoms with Crippen molar-refractivity contribution < 1.29 is 5.11 Å². The Morgan fingerprint density at radius 3 is 1.37 bits per heavy atom. The Labute approximate surface area is 130 Å². The summed E-state index contributed by atoms with van der Waals surface area (Å²) in [7, 11) is 0. The quantitative estimate of drug-likeness (QED) is 0.625. The fraction of sp³-hybridized carbons (Fsp3) is 0.600. The molecule has 0 aliphatic carbocycles. The maximum atomic E-state index is 10.2. The van der Waals surface area contributed by atoms with Crippen LogP contribution >= 0.6 is 34.8 Å². The number of phenols is 1. The van der Waals surface area contributed by atoms with Gasteiger partial charge in [-0.2, -0.15) is 0 Å². The fourth-order valence-electron chi connectivity index (χ4n) is 2.42. The molecule has 0 aliphatic rings. The van der Waals surface area contributed by atoms with Gasteiger partial charge in [-0.3, -0.25) is 0 Å². The minimum Gasteiger partial charge on any atom is -0.505 e. The van der Waals surface area contributed by atoms with Crippen molar-refractivity contribution >= 4 is 34.8 Å². The fourth-order valence-corrected chi connectivity index (χ4v) is 3.72. The minimum atomic E-state index is -0.219. The van der Waals surface area contributed by atoms with Crippen molar-refractivity contribution in [2.45, 2.75) is 58.3 Å². The summed E-state index contributed by atoms with van der Waals surface area (Å²) in [6, 6.07) is 0. The van der Waals surface area contributed by atoms with E-state index in [1.54, 1.807) is 0 Å². The van der Waals surface area contributed by atoms with Crippen molar-refractivity contribution in [1.82, 2.24) is 0 Å². The second kappa shape index (κ2) is 5.35. The van der Waals surface area contributed by atoms with E-state index in [0.717, 1.165) is 16.7 Å². The summed E-state index contributed by atoms with van der Waals surface area (Å²) in [5.74, 6) is 0.269. The normalized spacial score (nSPS) is 12.9. The third kappa shape index (κ3) is 3.15. The number of aromatic hydroxyl groups is 1. The van der Waals surface area contributed by atoms with Gasteiger partial charge in [0.1, 0.15) is 0 Å². The molecule has 4 heteroatoms. The van der Waals surface area contributed by atoms with Gasteiger partial charge in [0, 0.05) is 5.88 Å². The van der Waals surface area contributed by atoms with E-state index in [1.165, 1.54) is 0 Å². The van der Waals surface area contributed by atoms with Crippen LogP contribution in [-0.4, -0.2) is 5.11 Å². The highest BCUT2D eigenvalue weighted by Gasteiger charge is 2.32. The Balaban J connectivity index is 3.91. The summed E-state index contributed by atoms with van der Waals surface area (Å²) in [5, 5.41) is 10.8. The number of alkyl halides is 1. The number of hydrogen-bond acceptors (Lipinski definition) is 1. The standard InChI is InChI=1S/C15H21Cl3O/c1-14(2,3)9-8(7-16)10(15(4,5)6)12(18)13(19)11(9)17/h19H,7H2,1-6H3. The molecular formula is C15H21Cl3O. The first-order valence-corrected chi connectivity index (χ1v) is 7.51. The van der Waals surface area contributed by atoms with E-state index in [1.807, 2.05) is 41.5 Å². The molecule has 0 radical (unpaired) electrons. The molecule has 0 amide bonds. The average molecular weight is 324 g/mol. The molecule has 19 heavy (non-hydrogen) atoms. The van der Waals surface area contributed by atoms with Gasteiger partial charge in [-0.25, -0.2) is 0 Å². The molecule has 1 nitrogen and oxygen atoms in total. The Bertz CT molecular complexity index is 453. The maximum Gasteiger partial charge on any atom is 0.153 e. The smallest absolute Gasteiger partial charge is 0.153 e. The molecule has 1 N–H and O–H groups in total. The van der Waals surface area contributed by atoms with Gasteiger partial charge in [0.05, 0.1) is 10.0 Å². The van der Waals surface area contributed by atoms with Gasteiger partial charge in [0.2, 0.25) is 0 Å². The number of rotatable bonds is 1. The van der Waals surface area contributed by atoms with E-state index in [-0.39, 0.29) is 16.6 Å². The van der Waals surface area contributed by atoms with Crippen molar-refractivity contribution in [1.29, 1.82) is 0 Å². The van der Waals surface area contributed by atoms with E-state index in [4.69, 9.17) is 34.8 Å². The van der Waals surface area contributed by atoms with Gasteiger partial charge in [0.15, 0.2) is 5.75 Å². The third-order valence-electron chi connectivity index (χ3n) is 3.09. The molecule has 0 aliphatic heterocycles. The molecule has 0 heterocycles. The Kier molecular flexibility index (Phi) is 4.77. The minimum absolute atomic E-state index is 0.0490. The number of phenolic OH excluding ortho intramolecular Hbond substituents is 1. The Hall–Kier alpha value is -0.110. The molecule has 0 unspecified atom stereocenters. The van der Waals surface area contributed by atoms with Crippen LogP contribution in [0.3, 0.4) is 0 Å². The van der Waals surface area contributed by atoms with Crippen molar-refractivity contribution in [3.05, 3.63) is 26.7 Å². The van der Waals surface area contributed by atoms with Crippen LogP contribution in [0.25, 0.3) is 0 Å². The summed E-state index contributed by atoms with van der Waals surface area (Å²) >= 11 is 18.7. The van der Waals surface area contributed by atoms with Crippen LogP contribution in [0.1, 0.15) is 58.2 Å². The van der Waals surface area contributed by atoms with Crippen molar-refractivity contribution in [2.75, 3.05) is 0 Å². The highest BCUT2D eigenvalue weighted by molar-refractivity contribution is 6.38. The first kappa shape index (κ1) is 16.9. The van der Waals surface area contributed by atoms with Gasteiger partial charge in [-0.1, -0.05) is 64.7 Å².